The van der Waals surface area contributed by atoms with Gasteiger partial charge < -0.3 is 25.0 Å². The highest BCUT2D eigenvalue weighted by molar-refractivity contribution is 5.96. The molecule has 7 rings (SSSR count). The van der Waals surface area contributed by atoms with Crippen molar-refractivity contribution in [3.05, 3.63) is 0 Å². The SMILES string of the molecule is C[C@@H]1CC[C@@]2(OC1)O[C@H]1C[C@H]3[C@@H]4CC[C@@H]5C[C@H](NC(=O)CC(=O)NCCCN6CCCCC6)CC[C@]5(C)[C@H]4CC[C@]3(C)[C@H]1[C@@H]2C. The quantitative estimate of drug-likeness (QED) is 0.257. The molecule has 45 heavy (non-hydrogen) atoms. The Balaban J connectivity index is 0.898. The molecule has 0 aromatic heterocycles. The number of amides is 2. The van der Waals surface area contributed by atoms with Crippen molar-refractivity contribution in [1.82, 2.24) is 15.5 Å². The van der Waals surface area contributed by atoms with Crippen molar-refractivity contribution in [2.75, 3.05) is 32.8 Å². The molecular weight excluding hydrogens is 562 g/mol. The van der Waals surface area contributed by atoms with Crippen molar-refractivity contribution >= 4 is 11.8 Å². The van der Waals surface area contributed by atoms with E-state index in [1.807, 2.05) is 0 Å². The Labute approximate surface area is 273 Å². The molecule has 2 N–H and O–H groups in total. The van der Waals surface area contributed by atoms with E-state index in [1.165, 1.54) is 77.3 Å². The number of hydrogen-bond acceptors (Lipinski definition) is 5. The van der Waals surface area contributed by atoms with Crippen molar-refractivity contribution in [3.63, 3.8) is 0 Å². The fourth-order valence-electron chi connectivity index (χ4n) is 12.6. The lowest BCUT2D eigenvalue weighted by Gasteiger charge is -2.61. The normalized spacial score (nSPS) is 47.8. The van der Waals surface area contributed by atoms with Gasteiger partial charge in [-0.2, -0.15) is 0 Å². The highest BCUT2D eigenvalue weighted by Gasteiger charge is 2.69. The first-order valence-corrected chi connectivity index (χ1v) is 19.2. The molecule has 1 spiro atoms. The maximum atomic E-state index is 12.9. The molecule has 0 unspecified atom stereocenters. The smallest absolute Gasteiger partial charge is 0.229 e. The Bertz CT molecular complexity index is 1080. The van der Waals surface area contributed by atoms with Crippen LogP contribution in [0.1, 0.15) is 124 Å². The summed E-state index contributed by atoms with van der Waals surface area (Å²) in [7, 11) is 0. The lowest BCUT2D eigenvalue weighted by Crippen LogP contribution is -2.56. The molecule has 12 atom stereocenters. The minimum Gasteiger partial charge on any atom is -0.356 e. The minimum atomic E-state index is -0.327. The number of likely N-dealkylation sites (tertiary alicyclic amines) is 1. The molecule has 4 aliphatic carbocycles. The number of fused-ring (bicyclic) bond motifs is 7. The second kappa shape index (κ2) is 12.7. The fraction of sp³-hybridized carbons (Fsp3) is 0.947. The average Bonchev–Trinajstić information content (AvgIpc) is 3.47. The number of nitrogens with one attached hydrogen (secondary N) is 2. The number of ether oxygens (including phenoxy) is 2. The van der Waals surface area contributed by atoms with E-state index in [2.05, 4.69) is 43.2 Å². The number of rotatable bonds is 7. The Hall–Kier alpha value is -1.18. The third-order valence-corrected chi connectivity index (χ3v) is 15.0. The topological polar surface area (TPSA) is 79.9 Å². The predicted octanol–water partition coefficient (Wildman–Crippen LogP) is 6.30. The van der Waals surface area contributed by atoms with Crippen LogP contribution in [0.3, 0.4) is 0 Å². The van der Waals surface area contributed by atoms with Gasteiger partial charge in [-0.1, -0.05) is 34.1 Å². The lowest BCUT2D eigenvalue weighted by molar-refractivity contribution is -0.273. The monoisotopic (exact) mass is 625 g/mol. The molecule has 0 radical (unpaired) electrons. The van der Waals surface area contributed by atoms with E-state index in [0.29, 0.717) is 47.2 Å². The maximum absolute atomic E-state index is 12.9. The zero-order valence-electron chi connectivity index (χ0n) is 28.9. The van der Waals surface area contributed by atoms with Crippen LogP contribution in [0.4, 0.5) is 0 Å². The standard InChI is InChI=1S/C38H63N3O4/c1-25-11-16-38(44-24-25)26(2)35-32(45-38)22-31-29-10-9-27-21-28(12-14-36(27,3)30(29)13-15-37(31,35)4)40-34(43)23-33(42)39-17-8-20-41-18-6-5-7-19-41/h25-32,35H,5-24H2,1-4H3,(H,39,42)(H,40,43)/t25-,26+,27-,28-,29-,30+,31+,32+,35+,36+,37+,38-/m1/s1. The molecule has 0 aromatic carbocycles. The first-order valence-electron chi connectivity index (χ1n) is 19.2. The summed E-state index contributed by atoms with van der Waals surface area (Å²) in [6.45, 7) is 14.9. The number of carbonyl (C=O) groups is 2. The van der Waals surface area contributed by atoms with Gasteiger partial charge in [0.1, 0.15) is 6.42 Å². The molecule has 4 saturated carbocycles. The maximum Gasteiger partial charge on any atom is 0.229 e. The zero-order chi connectivity index (χ0) is 31.4. The lowest BCUT2D eigenvalue weighted by atomic mass is 9.44. The Morgan fingerprint density at radius 1 is 0.867 bits per heavy atom. The summed E-state index contributed by atoms with van der Waals surface area (Å²) >= 11 is 0. The molecule has 0 bridgehead atoms. The van der Waals surface area contributed by atoms with Crippen LogP contribution in [0, 0.1) is 52.3 Å². The Morgan fingerprint density at radius 2 is 1.67 bits per heavy atom. The summed E-state index contributed by atoms with van der Waals surface area (Å²) < 4.78 is 13.5. The second-order valence-electron chi connectivity index (χ2n) is 17.5. The summed E-state index contributed by atoms with van der Waals surface area (Å²) in [4.78, 5) is 27.9. The van der Waals surface area contributed by atoms with Crippen molar-refractivity contribution in [1.29, 1.82) is 0 Å². The van der Waals surface area contributed by atoms with Crippen LogP contribution in [0.15, 0.2) is 0 Å². The third kappa shape index (κ3) is 5.92. The first-order chi connectivity index (χ1) is 21.6. The van der Waals surface area contributed by atoms with Gasteiger partial charge in [-0.3, -0.25) is 9.59 Å². The largest absolute Gasteiger partial charge is 0.356 e. The van der Waals surface area contributed by atoms with Crippen molar-refractivity contribution in [2.45, 2.75) is 142 Å². The van der Waals surface area contributed by atoms with Gasteiger partial charge in [-0.15, -0.1) is 0 Å². The van der Waals surface area contributed by atoms with Crippen molar-refractivity contribution in [2.24, 2.45) is 52.3 Å². The molecule has 2 amide bonds. The number of nitrogens with zero attached hydrogens (tertiary/aromatic N) is 1. The van der Waals surface area contributed by atoms with Gasteiger partial charge in [-0.05, 0) is 143 Å². The van der Waals surface area contributed by atoms with Crippen LogP contribution < -0.4 is 10.6 Å². The van der Waals surface area contributed by atoms with Gasteiger partial charge in [-0.25, -0.2) is 0 Å². The van der Waals surface area contributed by atoms with Crippen LogP contribution in [0.2, 0.25) is 0 Å². The molecule has 7 fully saturated rings. The number of piperidine rings is 1. The van der Waals surface area contributed by atoms with Gasteiger partial charge in [0.2, 0.25) is 11.8 Å². The van der Waals surface area contributed by atoms with Gasteiger partial charge >= 0.3 is 0 Å². The minimum absolute atomic E-state index is 0.0404. The third-order valence-electron chi connectivity index (χ3n) is 15.0. The zero-order valence-corrected chi connectivity index (χ0v) is 28.9. The van der Waals surface area contributed by atoms with E-state index >= 15 is 0 Å². The first kappa shape index (κ1) is 32.4. The Kier molecular flexibility index (Phi) is 9.13. The summed E-state index contributed by atoms with van der Waals surface area (Å²) in [5.74, 6) is 4.23. The van der Waals surface area contributed by atoms with E-state index < -0.39 is 0 Å². The second-order valence-corrected chi connectivity index (χ2v) is 17.5. The highest BCUT2D eigenvalue weighted by Crippen LogP contribution is 2.71. The van der Waals surface area contributed by atoms with E-state index in [9.17, 15) is 9.59 Å². The van der Waals surface area contributed by atoms with Gasteiger partial charge in [0.25, 0.3) is 0 Å². The molecule has 7 aliphatic rings. The van der Waals surface area contributed by atoms with E-state index in [1.54, 1.807) is 0 Å². The Morgan fingerprint density at radius 3 is 2.44 bits per heavy atom. The van der Waals surface area contributed by atoms with Crippen LogP contribution in [-0.2, 0) is 19.1 Å². The molecule has 7 heteroatoms. The molecule has 3 saturated heterocycles. The molecule has 254 valence electrons. The van der Waals surface area contributed by atoms with E-state index in [0.717, 1.165) is 56.6 Å². The predicted molar refractivity (Wildman–Crippen MR) is 176 cm³/mol. The molecule has 3 aliphatic heterocycles. The molecule has 0 aromatic rings. The highest BCUT2D eigenvalue weighted by atomic mass is 16.7. The van der Waals surface area contributed by atoms with Crippen LogP contribution in [0.25, 0.3) is 0 Å². The van der Waals surface area contributed by atoms with E-state index in [4.69, 9.17) is 9.47 Å². The molecule has 3 heterocycles. The summed E-state index contributed by atoms with van der Waals surface area (Å²) in [5.41, 5.74) is 0.731. The van der Waals surface area contributed by atoms with Gasteiger partial charge in [0.15, 0.2) is 5.79 Å². The van der Waals surface area contributed by atoms with E-state index in [-0.39, 0.29) is 30.1 Å². The van der Waals surface area contributed by atoms with Crippen LogP contribution in [-0.4, -0.2) is 67.4 Å². The summed E-state index contributed by atoms with van der Waals surface area (Å²) in [6, 6.07) is 0.211. The number of hydrogen-bond donors (Lipinski definition) is 2. The van der Waals surface area contributed by atoms with Crippen molar-refractivity contribution < 1.29 is 19.1 Å². The fourth-order valence-corrected chi connectivity index (χ4v) is 12.6. The van der Waals surface area contributed by atoms with Crippen molar-refractivity contribution in [3.8, 4) is 0 Å². The van der Waals surface area contributed by atoms with Crippen LogP contribution in [0.5, 0.6) is 0 Å². The van der Waals surface area contributed by atoms with Gasteiger partial charge in [0, 0.05) is 24.9 Å². The summed E-state index contributed by atoms with van der Waals surface area (Å²) in [6.07, 6.45) is 17.3. The summed E-state index contributed by atoms with van der Waals surface area (Å²) in [5, 5.41) is 6.27. The number of carbonyl (C=O) groups excluding carboxylic acids is 2. The molecule has 7 nitrogen and oxygen atoms in total. The molecular formula is C38H63N3O4. The van der Waals surface area contributed by atoms with Crippen LogP contribution >= 0.6 is 0 Å². The van der Waals surface area contributed by atoms with Gasteiger partial charge in [0.05, 0.1) is 12.7 Å². The average molecular weight is 626 g/mol.